The molecule has 27 heavy (non-hydrogen) atoms. The van der Waals surface area contributed by atoms with E-state index >= 15 is 0 Å². The van der Waals surface area contributed by atoms with Crippen molar-refractivity contribution < 1.29 is 23.9 Å². The van der Waals surface area contributed by atoms with Crippen LogP contribution in [-0.2, 0) is 19.1 Å². The SMILES string of the molecule is CCC(=O)CCC(=O)Nc1ccc(C(=O)N[C@H](CCSC)C(=O)OC)cc1. The van der Waals surface area contributed by atoms with Crippen LogP contribution >= 0.6 is 11.8 Å². The smallest absolute Gasteiger partial charge is 0.328 e. The van der Waals surface area contributed by atoms with Gasteiger partial charge in [-0.15, -0.1) is 0 Å². The van der Waals surface area contributed by atoms with E-state index in [0.29, 0.717) is 29.8 Å². The van der Waals surface area contributed by atoms with Gasteiger partial charge in [0.05, 0.1) is 7.11 Å². The Morgan fingerprint density at radius 2 is 1.78 bits per heavy atom. The van der Waals surface area contributed by atoms with Gasteiger partial charge in [0.1, 0.15) is 11.8 Å². The highest BCUT2D eigenvalue weighted by Crippen LogP contribution is 2.12. The zero-order valence-corrected chi connectivity index (χ0v) is 16.7. The molecule has 0 radical (unpaired) electrons. The average molecular weight is 394 g/mol. The largest absolute Gasteiger partial charge is 0.467 e. The third-order valence-electron chi connectivity index (χ3n) is 3.86. The Balaban J connectivity index is 2.63. The highest BCUT2D eigenvalue weighted by Gasteiger charge is 2.21. The molecule has 2 amide bonds. The van der Waals surface area contributed by atoms with Crippen LogP contribution < -0.4 is 10.6 Å². The molecule has 0 aliphatic rings. The van der Waals surface area contributed by atoms with E-state index in [1.807, 2.05) is 6.26 Å². The van der Waals surface area contributed by atoms with E-state index in [9.17, 15) is 19.2 Å². The molecule has 0 heterocycles. The molecule has 1 atom stereocenters. The number of anilines is 1. The summed E-state index contributed by atoms with van der Waals surface area (Å²) in [5.74, 6) is -0.373. The van der Waals surface area contributed by atoms with Crippen molar-refractivity contribution in [3.8, 4) is 0 Å². The summed E-state index contributed by atoms with van der Waals surface area (Å²) in [4.78, 5) is 47.2. The van der Waals surface area contributed by atoms with Crippen LogP contribution in [0.2, 0.25) is 0 Å². The van der Waals surface area contributed by atoms with Gasteiger partial charge < -0.3 is 15.4 Å². The number of carbonyl (C=O) groups is 4. The first-order valence-corrected chi connectivity index (χ1v) is 10.1. The first-order valence-electron chi connectivity index (χ1n) is 8.70. The van der Waals surface area contributed by atoms with Crippen LogP contribution in [0.15, 0.2) is 24.3 Å². The Bertz CT molecular complexity index is 661. The third kappa shape index (κ3) is 8.25. The van der Waals surface area contributed by atoms with Crippen molar-refractivity contribution in [1.29, 1.82) is 0 Å². The van der Waals surface area contributed by atoms with E-state index in [-0.39, 0.29) is 24.5 Å². The Morgan fingerprint density at radius 3 is 2.33 bits per heavy atom. The average Bonchev–Trinajstić information content (AvgIpc) is 2.68. The molecule has 0 saturated heterocycles. The van der Waals surface area contributed by atoms with Gasteiger partial charge in [-0.3, -0.25) is 14.4 Å². The predicted octanol–water partition coefficient (Wildman–Crippen LogP) is 2.41. The molecule has 2 N–H and O–H groups in total. The van der Waals surface area contributed by atoms with Crippen LogP contribution in [0, 0.1) is 0 Å². The van der Waals surface area contributed by atoms with E-state index in [0.717, 1.165) is 0 Å². The summed E-state index contributed by atoms with van der Waals surface area (Å²) in [6.07, 6.45) is 3.16. The van der Waals surface area contributed by atoms with E-state index < -0.39 is 17.9 Å². The van der Waals surface area contributed by atoms with Crippen molar-refractivity contribution in [2.75, 3.05) is 24.4 Å². The van der Waals surface area contributed by atoms with E-state index in [4.69, 9.17) is 4.74 Å². The Kier molecular flexibility index (Phi) is 10.2. The second-order valence-corrected chi connectivity index (χ2v) is 6.83. The highest BCUT2D eigenvalue weighted by atomic mass is 32.2. The molecular formula is C19H26N2O5S. The molecule has 1 rings (SSSR count). The number of Topliss-reactive ketones (excluding diaryl/α,β-unsaturated/α-hetero) is 1. The standard InChI is InChI=1S/C19H26N2O5S/c1-4-15(22)9-10-17(23)20-14-7-5-13(6-8-14)18(24)21-16(11-12-27-3)19(25)26-2/h5-8,16H,4,9-12H2,1-3H3,(H,20,23)(H,21,24)/t16-/m1/s1. The molecule has 0 fully saturated rings. The van der Waals surface area contributed by atoms with Crippen LogP contribution in [0.4, 0.5) is 5.69 Å². The summed E-state index contributed by atoms with van der Waals surface area (Å²) in [5, 5.41) is 5.35. The number of ether oxygens (including phenoxy) is 1. The third-order valence-corrected chi connectivity index (χ3v) is 4.50. The summed E-state index contributed by atoms with van der Waals surface area (Å²) in [6, 6.07) is 5.62. The van der Waals surface area contributed by atoms with Gasteiger partial charge in [0, 0.05) is 30.5 Å². The van der Waals surface area contributed by atoms with Gasteiger partial charge in [-0.05, 0) is 42.7 Å². The van der Waals surface area contributed by atoms with Crippen molar-refractivity contribution in [2.24, 2.45) is 0 Å². The number of nitrogens with one attached hydrogen (secondary N) is 2. The fraction of sp³-hybridized carbons (Fsp3) is 0.474. The molecule has 0 saturated carbocycles. The van der Waals surface area contributed by atoms with Crippen LogP contribution in [-0.4, -0.2) is 48.7 Å². The molecule has 8 heteroatoms. The number of benzene rings is 1. The maximum Gasteiger partial charge on any atom is 0.328 e. The summed E-state index contributed by atoms with van der Waals surface area (Å²) in [5.41, 5.74) is 0.902. The van der Waals surface area contributed by atoms with Gasteiger partial charge >= 0.3 is 5.97 Å². The van der Waals surface area contributed by atoms with E-state index in [1.54, 1.807) is 43.0 Å². The van der Waals surface area contributed by atoms with Gasteiger partial charge in [-0.25, -0.2) is 4.79 Å². The second-order valence-electron chi connectivity index (χ2n) is 5.85. The van der Waals surface area contributed by atoms with Crippen molar-refractivity contribution in [3.63, 3.8) is 0 Å². The number of amides is 2. The minimum Gasteiger partial charge on any atom is -0.467 e. The number of hydrogen-bond donors (Lipinski definition) is 2. The Hall–Kier alpha value is -2.35. The number of methoxy groups -OCH3 is 1. The molecule has 148 valence electrons. The fourth-order valence-corrected chi connectivity index (χ4v) is 2.70. The lowest BCUT2D eigenvalue weighted by molar-refractivity contribution is -0.142. The van der Waals surface area contributed by atoms with Crippen molar-refractivity contribution in [2.45, 2.75) is 38.6 Å². The molecule has 0 aliphatic heterocycles. The molecule has 0 unspecified atom stereocenters. The van der Waals surface area contributed by atoms with Gasteiger partial charge in [-0.2, -0.15) is 11.8 Å². The number of ketones is 1. The second kappa shape index (κ2) is 12.1. The lowest BCUT2D eigenvalue weighted by atomic mass is 10.1. The van der Waals surface area contributed by atoms with Crippen LogP contribution in [0.3, 0.4) is 0 Å². The van der Waals surface area contributed by atoms with E-state index in [1.165, 1.54) is 7.11 Å². The normalized spacial score (nSPS) is 11.4. The summed E-state index contributed by atoms with van der Waals surface area (Å²) >= 11 is 1.58. The maximum absolute atomic E-state index is 12.3. The van der Waals surface area contributed by atoms with E-state index in [2.05, 4.69) is 10.6 Å². The quantitative estimate of drug-likeness (QED) is 0.559. The molecule has 1 aromatic rings. The van der Waals surface area contributed by atoms with Gasteiger partial charge in [-0.1, -0.05) is 6.92 Å². The van der Waals surface area contributed by atoms with Gasteiger partial charge in [0.15, 0.2) is 0 Å². The number of hydrogen-bond acceptors (Lipinski definition) is 6. The Morgan fingerprint density at radius 1 is 1.11 bits per heavy atom. The Labute approximate surface area is 163 Å². The van der Waals surface area contributed by atoms with Gasteiger partial charge in [0.25, 0.3) is 5.91 Å². The van der Waals surface area contributed by atoms with Gasteiger partial charge in [0.2, 0.25) is 5.91 Å². The molecule has 0 aromatic heterocycles. The molecule has 7 nitrogen and oxygen atoms in total. The fourth-order valence-electron chi connectivity index (χ4n) is 2.23. The topological polar surface area (TPSA) is 102 Å². The molecular weight excluding hydrogens is 368 g/mol. The first kappa shape index (κ1) is 22.7. The minimum absolute atomic E-state index is 0.0406. The summed E-state index contributed by atoms with van der Waals surface area (Å²) < 4.78 is 4.72. The number of carbonyl (C=O) groups excluding carboxylic acids is 4. The van der Waals surface area contributed by atoms with Crippen molar-refractivity contribution in [1.82, 2.24) is 5.32 Å². The number of esters is 1. The van der Waals surface area contributed by atoms with Crippen LogP contribution in [0.1, 0.15) is 43.0 Å². The van der Waals surface area contributed by atoms with Crippen LogP contribution in [0.25, 0.3) is 0 Å². The maximum atomic E-state index is 12.3. The van der Waals surface area contributed by atoms with Crippen molar-refractivity contribution in [3.05, 3.63) is 29.8 Å². The predicted molar refractivity (Wildman–Crippen MR) is 106 cm³/mol. The molecule has 0 spiro atoms. The minimum atomic E-state index is -0.703. The molecule has 0 bridgehead atoms. The summed E-state index contributed by atoms with van der Waals surface area (Å²) in [6.45, 7) is 1.76. The van der Waals surface area contributed by atoms with Crippen LogP contribution in [0.5, 0.6) is 0 Å². The zero-order valence-electron chi connectivity index (χ0n) is 15.9. The first-order chi connectivity index (χ1) is 12.9. The van der Waals surface area contributed by atoms with Crippen molar-refractivity contribution >= 4 is 41.0 Å². The lowest BCUT2D eigenvalue weighted by Gasteiger charge is -2.16. The molecule has 0 aliphatic carbocycles. The zero-order chi connectivity index (χ0) is 20.2. The number of rotatable bonds is 11. The molecule has 1 aromatic carbocycles. The highest BCUT2D eigenvalue weighted by molar-refractivity contribution is 7.98. The monoisotopic (exact) mass is 394 g/mol. The summed E-state index contributed by atoms with van der Waals surface area (Å²) in [7, 11) is 1.28. The number of thioether (sulfide) groups is 1. The lowest BCUT2D eigenvalue weighted by Crippen LogP contribution is -2.41.